The predicted molar refractivity (Wildman–Crippen MR) is 194 cm³/mol. The van der Waals surface area contributed by atoms with E-state index in [4.69, 9.17) is 11.6 Å². The first-order chi connectivity index (χ1) is 24.8. The van der Waals surface area contributed by atoms with E-state index in [1.165, 1.54) is 34.2 Å². The van der Waals surface area contributed by atoms with Gasteiger partial charge in [0.1, 0.15) is 12.7 Å². The zero-order valence-corrected chi connectivity index (χ0v) is 30.4. The third-order valence-electron chi connectivity index (χ3n) is 7.29. The fourth-order valence-corrected chi connectivity index (χ4v) is 5.09. The summed E-state index contributed by atoms with van der Waals surface area (Å²) < 4.78 is 41.4. The van der Waals surface area contributed by atoms with Crippen molar-refractivity contribution in [2.45, 2.75) is 58.8 Å². The number of nitrogens with zero attached hydrogens (tertiary/aromatic N) is 8. The summed E-state index contributed by atoms with van der Waals surface area (Å²) >= 11 is 5.97. The highest BCUT2D eigenvalue weighted by Gasteiger charge is 2.30. The molecule has 2 amide bonds. The van der Waals surface area contributed by atoms with E-state index in [0.717, 1.165) is 23.3 Å². The maximum Gasteiger partial charge on any atom is 0.416 e. The number of tetrazole rings is 2. The van der Waals surface area contributed by atoms with E-state index in [1.54, 1.807) is 24.3 Å². The number of nitrogens with one attached hydrogen (secondary N) is 2. The molecule has 2 N–H and O–H groups in total. The monoisotopic (exact) mass is 744 g/mol. The molecule has 2 heterocycles. The average molecular weight is 745 g/mol. The van der Waals surface area contributed by atoms with Crippen molar-refractivity contribution in [3.8, 4) is 33.6 Å². The summed E-state index contributed by atoms with van der Waals surface area (Å²) in [5, 5.41) is 28.7. The summed E-state index contributed by atoms with van der Waals surface area (Å²) in [4.78, 5) is 25.3. The third-order valence-corrected chi connectivity index (χ3v) is 7.54. The van der Waals surface area contributed by atoms with Gasteiger partial charge in [-0.3, -0.25) is 9.59 Å². The number of amides is 2. The maximum atomic E-state index is 12.8. The number of benzene rings is 4. The molecule has 4 aromatic carbocycles. The second-order valence-corrected chi connectivity index (χ2v) is 14.5. The summed E-state index contributed by atoms with van der Waals surface area (Å²) in [6, 6.07) is 22.7. The maximum absolute atomic E-state index is 12.8. The van der Waals surface area contributed by atoms with Crippen LogP contribution >= 0.6 is 11.6 Å². The molecule has 0 aliphatic rings. The van der Waals surface area contributed by atoms with Crippen molar-refractivity contribution in [2.75, 3.05) is 0 Å². The topological polar surface area (TPSA) is 145 Å². The number of aromatic nitrogens is 8. The molecular formula is C37H36ClF3N10O2. The molecule has 0 saturated carbocycles. The van der Waals surface area contributed by atoms with Crippen LogP contribution in [0.5, 0.6) is 0 Å². The Bertz CT molecular complexity index is 2180. The fourth-order valence-electron chi connectivity index (χ4n) is 4.96. The summed E-state index contributed by atoms with van der Waals surface area (Å²) in [6.45, 7) is 11.4. The minimum absolute atomic E-state index is 0.155. The van der Waals surface area contributed by atoms with Gasteiger partial charge in [-0.25, -0.2) is 9.36 Å². The Morgan fingerprint density at radius 3 is 1.32 bits per heavy atom. The highest BCUT2D eigenvalue weighted by atomic mass is 35.5. The van der Waals surface area contributed by atoms with Crippen LogP contribution < -0.4 is 10.6 Å². The van der Waals surface area contributed by atoms with Crippen molar-refractivity contribution in [2.24, 2.45) is 0 Å². The van der Waals surface area contributed by atoms with Crippen LogP contribution in [0.4, 0.5) is 13.2 Å². The predicted octanol–water partition coefficient (Wildman–Crippen LogP) is 7.39. The Labute approximate surface area is 308 Å². The Kier molecular flexibility index (Phi) is 11.1. The Morgan fingerprint density at radius 1 is 0.585 bits per heavy atom. The number of halogens is 4. The van der Waals surface area contributed by atoms with Crippen LogP contribution in [0.25, 0.3) is 33.6 Å². The molecule has 53 heavy (non-hydrogen) atoms. The van der Waals surface area contributed by atoms with E-state index in [1.807, 2.05) is 77.9 Å². The molecule has 0 fully saturated rings. The Balaban J connectivity index is 0.000000206. The molecule has 0 bridgehead atoms. The van der Waals surface area contributed by atoms with Gasteiger partial charge in [0, 0.05) is 27.2 Å². The minimum atomic E-state index is -4.41. The molecule has 0 atom stereocenters. The van der Waals surface area contributed by atoms with Crippen LogP contribution in [0.2, 0.25) is 5.02 Å². The standard InChI is InChI=1S/C19H18F3N5O.C18H18ClN5O/c1-18(2,3)24-17(28)14-8-13(9-16(10-14)27-11-23-25-26-27)12-4-6-15(7-5-12)19(20,21)22;1-18(2,3)21-17(25)14-8-13(12-4-6-15(19)7-5-12)9-16(10-14)24-11-20-22-23-24/h4-11H,1-3H3,(H,24,28);4-11H,1-3H3,(H,21,25). The minimum Gasteiger partial charge on any atom is -0.347 e. The van der Waals surface area contributed by atoms with Gasteiger partial charge in [0.15, 0.2) is 0 Å². The Morgan fingerprint density at radius 2 is 0.981 bits per heavy atom. The molecule has 16 heteroatoms. The summed E-state index contributed by atoms with van der Waals surface area (Å²) in [7, 11) is 0. The van der Waals surface area contributed by atoms with Gasteiger partial charge >= 0.3 is 6.18 Å². The van der Waals surface area contributed by atoms with Crippen LogP contribution in [0.15, 0.2) is 97.6 Å². The number of alkyl halides is 3. The summed E-state index contributed by atoms with van der Waals surface area (Å²) in [5.74, 6) is -0.465. The van der Waals surface area contributed by atoms with Crippen LogP contribution in [-0.4, -0.2) is 63.3 Å². The van der Waals surface area contributed by atoms with Gasteiger partial charge in [-0.15, -0.1) is 10.2 Å². The molecule has 6 rings (SSSR count). The van der Waals surface area contributed by atoms with Gasteiger partial charge in [-0.2, -0.15) is 13.2 Å². The highest BCUT2D eigenvalue weighted by molar-refractivity contribution is 6.30. The lowest BCUT2D eigenvalue weighted by Gasteiger charge is -2.21. The Hall–Kier alpha value is -5.96. The van der Waals surface area contributed by atoms with E-state index in [9.17, 15) is 22.8 Å². The van der Waals surface area contributed by atoms with Gasteiger partial charge in [-0.1, -0.05) is 35.9 Å². The molecular weight excluding hydrogens is 709 g/mol. The van der Waals surface area contributed by atoms with Crippen molar-refractivity contribution in [1.29, 1.82) is 0 Å². The molecule has 12 nitrogen and oxygen atoms in total. The molecule has 0 saturated heterocycles. The van der Waals surface area contributed by atoms with Crippen LogP contribution in [0.1, 0.15) is 67.8 Å². The zero-order chi connectivity index (χ0) is 38.6. The van der Waals surface area contributed by atoms with Gasteiger partial charge < -0.3 is 10.6 Å². The lowest BCUT2D eigenvalue weighted by molar-refractivity contribution is -0.137. The molecule has 6 aromatic rings. The van der Waals surface area contributed by atoms with E-state index in [-0.39, 0.29) is 17.4 Å². The average Bonchev–Trinajstić information content (AvgIpc) is 3.83. The quantitative estimate of drug-likeness (QED) is 0.180. The van der Waals surface area contributed by atoms with Crippen molar-refractivity contribution in [3.05, 3.63) is 119 Å². The lowest BCUT2D eigenvalue weighted by atomic mass is 9.99. The van der Waals surface area contributed by atoms with Crippen molar-refractivity contribution >= 4 is 23.4 Å². The number of carbonyl (C=O) groups is 2. The van der Waals surface area contributed by atoms with E-state index < -0.39 is 17.3 Å². The number of rotatable bonds is 6. The molecule has 2 aromatic heterocycles. The van der Waals surface area contributed by atoms with Crippen molar-refractivity contribution in [1.82, 2.24) is 51.0 Å². The van der Waals surface area contributed by atoms with E-state index in [2.05, 4.69) is 41.7 Å². The zero-order valence-electron chi connectivity index (χ0n) is 29.6. The van der Waals surface area contributed by atoms with Crippen LogP contribution in [0, 0.1) is 0 Å². The number of carbonyl (C=O) groups excluding carboxylic acids is 2. The van der Waals surface area contributed by atoms with Crippen molar-refractivity contribution < 1.29 is 22.8 Å². The molecule has 0 aliphatic heterocycles. The number of hydrogen-bond donors (Lipinski definition) is 2. The molecule has 0 radical (unpaired) electrons. The van der Waals surface area contributed by atoms with Gasteiger partial charge in [-0.05, 0) is 145 Å². The van der Waals surface area contributed by atoms with Gasteiger partial charge in [0.05, 0.1) is 16.9 Å². The smallest absolute Gasteiger partial charge is 0.347 e. The normalized spacial score (nSPS) is 11.7. The number of hydrogen-bond acceptors (Lipinski definition) is 8. The first-order valence-electron chi connectivity index (χ1n) is 16.2. The fraction of sp³-hybridized carbons (Fsp3) is 0.243. The molecule has 0 unspecified atom stereocenters. The second kappa shape index (κ2) is 15.3. The van der Waals surface area contributed by atoms with Gasteiger partial charge in [0.25, 0.3) is 11.8 Å². The molecule has 0 aliphatic carbocycles. The van der Waals surface area contributed by atoms with Crippen molar-refractivity contribution in [3.63, 3.8) is 0 Å². The van der Waals surface area contributed by atoms with Gasteiger partial charge in [0.2, 0.25) is 0 Å². The third kappa shape index (κ3) is 10.5. The van der Waals surface area contributed by atoms with E-state index >= 15 is 0 Å². The second-order valence-electron chi connectivity index (χ2n) is 14.0. The lowest BCUT2D eigenvalue weighted by Crippen LogP contribution is -2.40. The summed E-state index contributed by atoms with van der Waals surface area (Å²) in [5.41, 5.74) is 3.52. The SMILES string of the molecule is CC(C)(C)NC(=O)c1cc(-c2ccc(C(F)(F)F)cc2)cc(-n2cnnn2)c1.CC(C)(C)NC(=O)c1cc(-c2ccc(Cl)cc2)cc(-n2cnnn2)c1. The van der Waals surface area contributed by atoms with Crippen LogP contribution in [-0.2, 0) is 6.18 Å². The van der Waals surface area contributed by atoms with E-state index in [0.29, 0.717) is 38.7 Å². The molecule has 0 spiro atoms. The van der Waals surface area contributed by atoms with Crippen LogP contribution in [0.3, 0.4) is 0 Å². The first kappa shape index (κ1) is 38.3. The first-order valence-corrected chi connectivity index (χ1v) is 16.6. The highest BCUT2D eigenvalue weighted by Crippen LogP contribution is 2.32. The molecule has 274 valence electrons. The summed E-state index contributed by atoms with van der Waals surface area (Å²) in [6.07, 6.45) is -1.55. The largest absolute Gasteiger partial charge is 0.416 e.